The van der Waals surface area contributed by atoms with E-state index in [9.17, 15) is 0 Å². The molecule has 74 valence electrons. The van der Waals surface area contributed by atoms with E-state index in [-0.39, 0.29) is 5.75 Å². The van der Waals surface area contributed by atoms with Crippen molar-refractivity contribution in [3.8, 4) is 17.8 Å². The van der Waals surface area contributed by atoms with Crippen molar-refractivity contribution >= 4 is 11.6 Å². The molecule has 0 aromatic carbocycles. The Morgan fingerprint density at radius 1 is 1.40 bits per heavy atom. The van der Waals surface area contributed by atoms with Crippen molar-refractivity contribution in [2.24, 2.45) is 0 Å². The quantitative estimate of drug-likeness (QED) is 0.712. The number of ether oxygens (including phenoxy) is 1. The molecule has 7 heteroatoms. The Labute approximate surface area is 89.7 Å². The fraction of sp³-hybridized carbons (Fsp3) is 0. The average Bonchev–Trinajstić information content (AvgIpc) is 2.71. The molecule has 0 bridgehead atoms. The normalized spacial score (nSPS) is 9.60. The lowest BCUT2D eigenvalue weighted by molar-refractivity contribution is 0.504. The Hall–Kier alpha value is -2.13. The molecule has 6 nitrogen and oxygen atoms in total. The first-order chi connectivity index (χ1) is 7.31. The summed E-state index contributed by atoms with van der Waals surface area (Å²) in [6, 6.07) is 1.47. The van der Waals surface area contributed by atoms with E-state index in [0.29, 0.717) is 10.8 Å². The van der Waals surface area contributed by atoms with Crippen LogP contribution >= 0.6 is 11.6 Å². The van der Waals surface area contributed by atoms with E-state index >= 15 is 0 Å². The van der Waals surface area contributed by atoms with Crippen LogP contribution in [-0.4, -0.2) is 20.0 Å². The Balaban J connectivity index is 2.40. The molecule has 0 atom stereocenters. The topological polar surface area (TPSA) is 76.6 Å². The molecule has 2 heterocycles. The molecular weight excluding hydrogens is 218 g/mol. The first-order valence-corrected chi connectivity index (χ1v) is 4.27. The molecule has 2 aromatic rings. The van der Waals surface area contributed by atoms with E-state index in [1.165, 1.54) is 35.7 Å². The van der Waals surface area contributed by atoms with Crippen molar-refractivity contribution in [1.29, 1.82) is 5.26 Å². The van der Waals surface area contributed by atoms with Gasteiger partial charge in [-0.2, -0.15) is 10.2 Å². The molecule has 0 saturated carbocycles. The van der Waals surface area contributed by atoms with Gasteiger partial charge in [0.15, 0.2) is 11.6 Å². The van der Waals surface area contributed by atoms with Gasteiger partial charge in [-0.1, -0.05) is 11.6 Å². The minimum absolute atomic E-state index is 0.276. The second-order valence-corrected chi connectivity index (χ2v) is 2.90. The number of nitrogens with zero attached hydrogens (tertiary/aromatic N) is 5. The predicted molar refractivity (Wildman–Crippen MR) is 50.4 cm³/mol. The standard InChI is InChI=1S/C8H4ClN5O/c9-7-3-6(15-5-10)4-11-8(7)14-12-1-2-13-14/h1-4H. The minimum atomic E-state index is 0.276. The summed E-state index contributed by atoms with van der Waals surface area (Å²) in [6.07, 6.45) is 5.92. The summed E-state index contributed by atoms with van der Waals surface area (Å²) in [5, 5.41) is 16.3. The summed E-state index contributed by atoms with van der Waals surface area (Å²) >= 11 is 5.90. The van der Waals surface area contributed by atoms with Crippen molar-refractivity contribution in [3.05, 3.63) is 29.7 Å². The average molecular weight is 222 g/mol. The molecular formula is C8H4ClN5O. The van der Waals surface area contributed by atoms with E-state index in [4.69, 9.17) is 16.9 Å². The van der Waals surface area contributed by atoms with Crippen LogP contribution in [0.25, 0.3) is 5.82 Å². The van der Waals surface area contributed by atoms with Gasteiger partial charge in [-0.15, -0.1) is 10.1 Å². The first kappa shape index (κ1) is 9.43. The summed E-state index contributed by atoms with van der Waals surface area (Å²) in [4.78, 5) is 5.25. The van der Waals surface area contributed by atoms with Crippen molar-refractivity contribution in [3.63, 3.8) is 0 Å². The summed E-state index contributed by atoms with van der Waals surface area (Å²) in [5.74, 6) is 0.658. The van der Waals surface area contributed by atoms with E-state index in [2.05, 4.69) is 19.9 Å². The Morgan fingerprint density at radius 3 is 2.73 bits per heavy atom. The highest BCUT2D eigenvalue weighted by atomic mass is 35.5. The highest BCUT2D eigenvalue weighted by Crippen LogP contribution is 2.21. The lowest BCUT2D eigenvalue weighted by Gasteiger charge is -2.02. The Bertz CT molecular complexity index is 504. The maximum absolute atomic E-state index is 8.29. The van der Waals surface area contributed by atoms with Gasteiger partial charge in [-0.05, 0) is 0 Å². The third-order valence-electron chi connectivity index (χ3n) is 1.57. The van der Waals surface area contributed by atoms with Crippen LogP contribution in [0.15, 0.2) is 24.7 Å². The van der Waals surface area contributed by atoms with Crippen molar-refractivity contribution in [1.82, 2.24) is 20.0 Å². The van der Waals surface area contributed by atoms with Crippen molar-refractivity contribution in [2.45, 2.75) is 0 Å². The number of rotatable bonds is 2. The molecule has 0 radical (unpaired) electrons. The molecule has 0 fully saturated rings. The molecule has 0 aliphatic rings. The van der Waals surface area contributed by atoms with Gasteiger partial charge in [0.1, 0.15) is 0 Å². The highest BCUT2D eigenvalue weighted by molar-refractivity contribution is 6.32. The largest absolute Gasteiger partial charge is 0.386 e. The third kappa shape index (κ3) is 1.87. The van der Waals surface area contributed by atoms with Gasteiger partial charge in [-0.25, -0.2) is 4.98 Å². The van der Waals surface area contributed by atoms with E-state index in [1.54, 1.807) is 0 Å². The third-order valence-corrected chi connectivity index (χ3v) is 1.85. The molecule has 0 spiro atoms. The Kier molecular flexibility index (Phi) is 2.48. The van der Waals surface area contributed by atoms with Crippen LogP contribution in [0.2, 0.25) is 5.02 Å². The fourth-order valence-corrected chi connectivity index (χ4v) is 1.23. The second-order valence-electron chi connectivity index (χ2n) is 2.49. The maximum Gasteiger partial charge on any atom is 0.292 e. The minimum Gasteiger partial charge on any atom is -0.386 e. The molecule has 0 amide bonds. The van der Waals surface area contributed by atoms with Crippen LogP contribution in [0.4, 0.5) is 0 Å². The molecule has 0 unspecified atom stereocenters. The maximum atomic E-state index is 8.29. The molecule has 2 aromatic heterocycles. The lowest BCUT2D eigenvalue weighted by Crippen LogP contribution is -2.02. The number of aromatic nitrogens is 4. The number of pyridine rings is 1. The van der Waals surface area contributed by atoms with E-state index < -0.39 is 0 Å². The smallest absolute Gasteiger partial charge is 0.292 e. The predicted octanol–water partition coefficient (Wildman–Crippen LogP) is 1.18. The number of halogens is 1. The number of hydrogen-bond donors (Lipinski definition) is 0. The second kappa shape index (κ2) is 3.94. The molecule has 2 rings (SSSR count). The fourth-order valence-electron chi connectivity index (χ4n) is 0.994. The molecule has 0 N–H and O–H groups in total. The zero-order valence-corrected chi connectivity index (χ0v) is 8.09. The summed E-state index contributed by atoms with van der Waals surface area (Å²) < 4.78 is 4.57. The van der Waals surface area contributed by atoms with E-state index in [0.717, 1.165) is 0 Å². The van der Waals surface area contributed by atoms with Gasteiger partial charge >= 0.3 is 0 Å². The van der Waals surface area contributed by atoms with Crippen LogP contribution in [0, 0.1) is 11.5 Å². The molecule has 15 heavy (non-hydrogen) atoms. The van der Waals surface area contributed by atoms with Crippen molar-refractivity contribution in [2.75, 3.05) is 0 Å². The zero-order valence-electron chi connectivity index (χ0n) is 7.33. The van der Waals surface area contributed by atoms with Gasteiger partial charge in [0.05, 0.1) is 23.6 Å². The number of hydrogen-bond acceptors (Lipinski definition) is 5. The van der Waals surface area contributed by atoms with Gasteiger partial charge in [-0.3, -0.25) is 0 Å². The van der Waals surface area contributed by atoms with Crippen LogP contribution in [-0.2, 0) is 0 Å². The van der Waals surface area contributed by atoms with Gasteiger partial charge in [0.25, 0.3) is 6.26 Å². The Morgan fingerprint density at radius 2 is 2.13 bits per heavy atom. The SMILES string of the molecule is N#COc1cnc(-n2nccn2)c(Cl)c1. The van der Waals surface area contributed by atoms with Crippen LogP contribution in [0.5, 0.6) is 5.75 Å². The molecule has 0 aliphatic heterocycles. The van der Waals surface area contributed by atoms with Crippen molar-refractivity contribution < 1.29 is 4.74 Å². The first-order valence-electron chi connectivity index (χ1n) is 3.89. The lowest BCUT2D eigenvalue weighted by atomic mass is 10.4. The van der Waals surface area contributed by atoms with Crippen LogP contribution in [0.3, 0.4) is 0 Å². The summed E-state index contributed by atoms with van der Waals surface area (Å²) in [6.45, 7) is 0. The number of nitriles is 1. The van der Waals surface area contributed by atoms with E-state index in [1.807, 2.05) is 0 Å². The summed E-state index contributed by atoms with van der Waals surface area (Å²) in [7, 11) is 0. The summed E-state index contributed by atoms with van der Waals surface area (Å²) in [5.41, 5.74) is 0. The monoisotopic (exact) mass is 221 g/mol. The molecule has 0 saturated heterocycles. The highest BCUT2D eigenvalue weighted by Gasteiger charge is 2.07. The van der Waals surface area contributed by atoms with Crippen LogP contribution < -0.4 is 4.74 Å². The zero-order chi connectivity index (χ0) is 10.7. The van der Waals surface area contributed by atoms with Gasteiger partial charge in [0.2, 0.25) is 0 Å². The van der Waals surface area contributed by atoms with Gasteiger partial charge in [0, 0.05) is 6.07 Å². The van der Waals surface area contributed by atoms with Gasteiger partial charge < -0.3 is 4.74 Å². The molecule has 0 aliphatic carbocycles. The van der Waals surface area contributed by atoms with Crippen LogP contribution in [0.1, 0.15) is 0 Å².